The van der Waals surface area contributed by atoms with E-state index in [4.69, 9.17) is 11.7 Å². The number of nitrogens with zero attached hydrogens (tertiary/aromatic N) is 3. The van der Waals surface area contributed by atoms with Crippen molar-refractivity contribution in [3.05, 3.63) is 74.9 Å². The molecule has 35 heavy (non-hydrogen) atoms. The zero-order valence-corrected chi connectivity index (χ0v) is 18.1. The van der Waals surface area contributed by atoms with Crippen molar-refractivity contribution in [2.75, 3.05) is 25.0 Å². The highest BCUT2D eigenvalue weighted by molar-refractivity contribution is 6.07. The second-order valence-corrected chi connectivity index (χ2v) is 7.96. The number of carbonyl (C=O) groups is 2. The van der Waals surface area contributed by atoms with Crippen LogP contribution in [0.4, 0.5) is 24.5 Å². The summed E-state index contributed by atoms with van der Waals surface area (Å²) in [5, 5.41) is 21.7. The lowest BCUT2D eigenvalue weighted by molar-refractivity contribution is -0.138. The van der Waals surface area contributed by atoms with Gasteiger partial charge < -0.3 is 20.4 Å². The summed E-state index contributed by atoms with van der Waals surface area (Å²) in [6, 6.07) is 6.16. The number of aromatic nitrogens is 1. The van der Waals surface area contributed by atoms with E-state index in [-0.39, 0.29) is 23.1 Å². The molecule has 1 atom stereocenters. The minimum absolute atomic E-state index is 0.00274. The first-order valence-corrected chi connectivity index (χ1v) is 10.1. The standard InChI is InChI=1S/C23H17F3N4O5/c1-27-13-7-14-19-15(8-13)29(2)10-16(11-3-5-12(6-4-11)23(24,25)26)30(19)22(35)18(20(14)33)21(34)28-9-17(31)32/h3-8,16,33H,9-10H2,2H3,(H,28,34)(H,31,32). The Hall–Kier alpha value is -4.53. The minimum atomic E-state index is -4.55. The van der Waals surface area contributed by atoms with Gasteiger partial charge in [0.1, 0.15) is 17.9 Å². The van der Waals surface area contributed by atoms with Gasteiger partial charge in [0.25, 0.3) is 11.5 Å². The molecule has 2 heterocycles. The third-order valence-corrected chi connectivity index (χ3v) is 5.79. The molecule has 0 radical (unpaired) electrons. The maximum absolute atomic E-state index is 13.5. The first-order chi connectivity index (χ1) is 16.4. The van der Waals surface area contributed by atoms with Crippen LogP contribution in [-0.2, 0) is 11.0 Å². The molecule has 1 aliphatic rings. The zero-order chi connectivity index (χ0) is 25.7. The summed E-state index contributed by atoms with van der Waals surface area (Å²) in [4.78, 5) is 42.1. The van der Waals surface area contributed by atoms with Crippen molar-refractivity contribution in [2.45, 2.75) is 12.2 Å². The Morgan fingerprint density at radius 1 is 1.23 bits per heavy atom. The SMILES string of the molecule is [C-]#[N+]c1cc2c3c(c1)c(O)c(C(=O)NCC(=O)O)c(=O)n3C(c1ccc(C(F)(F)F)cc1)CN2C. The number of aliphatic carboxylic acids is 1. The smallest absolute Gasteiger partial charge is 0.416 e. The average molecular weight is 486 g/mol. The quantitative estimate of drug-likeness (QED) is 0.488. The van der Waals surface area contributed by atoms with Crippen LogP contribution in [0.2, 0.25) is 0 Å². The van der Waals surface area contributed by atoms with Crippen LogP contribution < -0.4 is 15.8 Å². The summed E-state index contributed by atoms with van der Waals surface area (Å²) < 4.78 is 40.4. The highest BCUT2D eigenvalue weighted by Crippen LogP contribution is 2.42. The number of nitrogens with one attached hydrogen (secondary N) is 1. The van der Waals surface area contributed by atoms with Crippen LogP contribution in [0.25, 0.3) is 15.7 Å². The van der Waals surface area contributed by atoms with Crippen molar-refractivity contribution in [3.63, 3.8) is 0 Å². The summed E-state index contributed by atoms with van der Waals surface area (Å²) in [6.07, 6.45) is -4.55. The molecule has 1 aliphatic heterocycles. The number of aromatic hydroxyl groups is 1. The Bertz CT molecular complexity index is 1470. The molecule has 0 fully saturated rings. The number of halogens is 3. The number of carboxylic acid groups (broad SMARTS) is 1. The van der Waals surface area contributed by atoms with Crippen LogP contribution in [0, 0.1) is 6.57 Å². The number of pyridine rings is 1. The van der Waals surface area contributed by atoms with Crippen LogP contribution in [0.15, 0.2) is 41.2 Å². The lowest BCUT2D eigenvalue weighted by Crippen LogP contribution is -2.42. The van der Waals surface area contributed by atoms with E-state index < -0.39 is 53.1 Å². The van der Waals surface area contributed by atoms with E-state index in [2.05, 4.69) is 4.85 Å². The van der Waals surface area contributed by atoms with E-state index in [1.165, 1.54) is 28.8 Å². The fourth-order valence-electron chi connectivity index (χ4n) is 4.19. The van der Waals surface area contributed by atoms with Gasteiger partial charge in [-0.2, -0.15) is 13.2 Å². The number of rotatable bonds is 4. The first-order valence-electron chi connectivity index (χ1n) is 10.1. The predicted octanol–water partition coefficient (Wildman–Crippen LogP) is 3.13. The second-order valence-electron chi connectivity index (χ2n) is 7.96. The summed E-state index contributed by atoms with van der Waals surface area (Å²) in [6.45, 7) is 6.65. The average Bonchev–Trinajstić information content (AvgIpc) is 2.81. The zero-order valence-electron chi connectivity index (χ0n) is 18.1. The molecule has 0 aliphatic carbocycles. The van der Waals surface area contributed by atoms with Gasteiger partial charge in [0.05, 0.1) is 29.4 Å². The van der Waals surface area contributed by atoms with Gasteiger partial charge in [-0.15, -0.1) is 0 Å². The van der Waals surface area contributed by atoms with E-state index in [0.717, 1.165) is 12.1 Å². The van der Waals surface area contributed by atoms with Crippen LogP contribution in [0.3, 0.4) is 0 Å². The van der Waals surface area contributed by atoms with Gasteiger partial charge in [-0.25, -0.2) is 4.85 Å². The Morgan fingerprint density at radius 2 is 1.89 bits per heavy atom. The van der Waals surface area contributed by atoms with Crippen LogP contribution in [0.5, 0.6) is 5.75 Å². The topological polar surface area (TPSA) is 116 Å². The Balaban J connectivity index is 2.01. The van der Waals surface area contributed by atoms with Gasteiger partial charge in [0.2, 0.25) is 0 Å². The van der Waals surface area contributed by atoms with E-state index >= 15 is 0 Å². The molecule has 0 bridgehead atoms. The van der Waals surface area contributed by atoms with Gasteiger partial charge in [0.15, 0.2) is 5.69 Å². The molecule has 2 aromatic carbocycles. The predicted molar refractivity (Wildman–Crippen MR) is 119 cm³/mol. The maximum atomic E-state index is 13.5. The molecule has 9 nitrogen and oxygen atoms in total. The molecule has 0 saturated heterocycles. The molecule has 1 amide bonds. The van der Waals surface area contributed by atoms with Gasteiger partial charge >= 0.3 is 12.1 Å². The molecule has 0 spiro atoms. The number of anilines is 1. The first kappa shape index (κ1) is 23.6. The van der Waals surface area contributed by atoms with Gasteiger partial charge in [-0.1, -0.05) is 12.1 Å². The Morgan fingerprint density at radius 3 is 2.46 bits per heavy atom. The summed E-state index contributed by atoms with van der Waals surface area (Å²) in [7, 11) is 1.66. The fourth-order valence-corrected chi connectivity index (χ4v) is 4.19. The van der Waals surface area contributed by atoms with E-state index in [1.54, 1.807) is 11.9 Å². The van der Waals surface area contributed by atoms with E-state index in [1.807, 2.05) is 5.32 Å². The van der Waals surface area contributed by atoms with Crippen LogP contribution >= 0.6 is 0 Å². The molecule has 12 heteroatoms. The van der Waals surface area contributed by atoms with Crippen molar-refractivity contribution >= 4 is 34.2 Å². The normalized spacial score (nSPS) is 15.1. The number of hydrogen-bond acceptors (Lipinski definition) is 5. The molecule has 3 aromatic rings. The van der Waals surface area contributed by atoms with Crippen molar-refractivity contribution in [1.29, 1.82) is 0 Å². The Labute approximate surface area is 195 Å². The lowest BCUT2D eigenvalue weighted by Gasteiger charge is -2.36. The number of benzene rings is 2. The number of amides is 1. The van der Waals surface area contributed by atoms with Gasteiger partial charge in [-0.3, -0.25) is 19.0 Å². The third-order valence-electron chi connectivity index (χ3n) is 5.79. The summed E-state index contributed by atoms with van der Waals surface area (Å²) >= 11 is 0. The molecule has 180 valence electrons. The molecule has 4 rings (SSSR count). The van der Waals surface area contributed by atoms with E-state index in [9.17, 15) is 32.7 Å². The van der Waals surface area contributed by atoms with Crippen molar-refractivity contribution in [3.8, 4) is 5.75 Å². The van der Waals surface area contributed by atoms with Crippen molar-refractivity contribution in [1.82, 2.24) is 9.88 Å². The molecule has 1 aromatic heterocycles. The highest BCUT2D eigenvalue weighted by atomic mass is 19.4. The number of hydrogen-bond donors (Lipinski definition) is 3. The number of likely N-dealkylation sites (N-methyl/N-ethyl adjacent to an activating group) is 1. The van der Waals surface area contributed by atoms with Gasteiger partial charge in [0, 0.05) is 19.0 Å². The number of carbonyl (C=O) groups excluding carboxylic acids is 1. The monoisotopic (exact) mass is 486 g/mol. The fraction of sp³-hybridized carbons (Fsp3) is 0.217. The van der Waals surface area contributed by atoms with Crippen LogP contribution in [-0.4, -0.2) is 46.8 Å². The highest BCUT2D eigenvalue weighted by Gasteiger charge is 2.34. The maximum Gasteiger partial charge on any atom is 0.416 e. The van der Waals surface area contributed by atoms with E-state index in [0.29, 0.717) is 11.3 Å². The molecular formula is C23H17F3N4O5. The molecule has 1 unspecified atom stereocenters. The Kier molecular flexibility index (Phi) is 5.64. The van der Waals surface area contributed by atoms with Gasteiger partial charge in [-0.05, 0) is 29.8 Å². The molecular weight excluding hydrogens is 469 g/mol. The summed E-state index contributed by atoms with van der Waals surface area (Å²) in [5.74, 6) is -3.24. The third kappa shape index (κ3) is 4.01. The largest absolute Gasteiger partial charge is 0.506 e. The van der Waals surface area contributed by atoms with Crippen LogP contribution in [0.1, 0.15) is 27.5 Å². The second kappa shape index (κ2) is 8.35. The molecule has 3 N–H and O–H groups in total. The van der Waals surface area contributed by atoms with Crippen molar-refractivity contribution < 1.29 is 33.0 Å². The lowest BCUT2D eigenvalue weighted by atomic mass is 9.97. The molecule has 0 saturated carbocycles. The minimum Gasteiger partial charge on any atom is -0.506 e. The summed E-state index contributed by atoms with van der Waals surface area (Å²) in [5.41, 5.74) is -1.50. The van der Waals surface area contributed by atoms with Crippen molar-refractivity contribution in [2.24, 2.45) is 0 Å². The number of alkyl halides is 3. The number of carboxylic acids is 1.